The molecular formula is C11H17NO3S. The number of rotatable bonds is 7. The van der Waals surface area contributed by atoms with Gasteiger partial charge in [0.15, 0.2) is 0 Å². The van der Waals surface area contributed by atoms with E-state index in [1.54, 1.807) is 6.07 Å². The Kier molecular flexibility index (Phi) is 5.42. The lowest BCUT2D eigenvalue weighted by Gasteiger charge is -2.09. The molecule has 0 aromatic carbocycles. The zero-order chi connectivity index (χ0) is 12.0. The topological polar surface area (TPSA) is 62.5 Å². The maximum absolute atomic E-state index is 10.6. The van der Waals surface area contributed by atoms with E-state index in [9.17, 15) is 4.79 Å². The van der Waals surface area contributed by atoms with E-state index < -0.39 is 5.97 Å². The lowest BCUT2D eigenvalue weighted by Crippen LogP contribution is -2.21. The van der Waals surface area contributed by atoms with Crippen LogP contribution in [0.15, 0.2) is 16.5 Å². The molecule has 0 amide bonds. The Hall–Kier alpha value is -0.940. The van der Waals surface area contributed by atoms with Crippen LogP contribution in [0.25, 0.3) is 0 Å². The fraction of sp³-hybridized carbons (Fsp3) is 0.545. The van der Waals surface area contributed by atoms with Gasteiger partial charge in [-0.3, -0.25) is 0 Å². The second-order valence-corrected chi connectivity index (χ2v) is 4.67. The molecule has 0 aliphatic carbocycles. The zero-order valence-electron chi connectivity index (χ0n) is 9.53. The van der Waals surface area contributed by atoms with Gasteiger partial charge in [0.2, 0.25) is 5.76 Å². The predicted octanol–water partition coefficient (Wildman–Crippen LogP) is 2.07. The van der Waals surface area contributed by atoms with Crippen molar-refractivity contribution in [2.45, 2.75) is 13.5 Å². The van der Waals surface area contributed by atoms with Gasteiger partial charge in [-0.2, -0.15) is 11.8 Å². The van der Waals surface area contributed by atoms with Crippen LogP contribution in [0.2, 0.25) is 0 Å². The average Bonchev–Trinajstić information content (AvgIpc) is 2.67. The van der Waals surface area contributed by atoms with Crippen molar-refractivity contribution in [3.63, 3.8) is 0 Å². The third kappa shape index (κ3) is 4.28. The summed E-state index contributed by atoms with van der Waals surface area (Å²) in [6.07, 6.45) is 2.09. The molecule has 5 heteroatoms. The van der Waals surface area contributed by atoms with Crippen molar-refractivity contribution >= 4 is 17.7 Å². The Morgan fingerprint density at radius 3 is 2.94 bits per heavy atom. The van der Waals surface area contributed by atoms with Crippen molar-refractivity contribution < 1.29 is 14.3 Å². The number of carbonyl (C=O) groups is 1. The standard InChI is InChI=1S/C11H17NO3S/c1-8(7-16-2)5-12-6-9-3-4-10(15-9)11(13)14/h3-4,8,12H,5-7H2,1-2H3,(H,13,14). The third-order valence-electron chi connectivity index (χ3n) is 2.12. The number of hydrogen-bond acceptors (Lipinski definition) is 4. The monoisotopic (exact) mass is 243 g/mol. The molecule has 0 radical (unpaired) electrons. The SMILES string of the molecule is CSCC(C)CNCc1ccc(C(=O)O)o1. The van der Waals surface area contributed by atoms with Gasteiger partial charge in [-0.25, -0.2) is 4.79 Å². The van der Waals surface area contributed by atoms with E-state index in [0.29, 0.717) is 18.2 Å². The molecule has 0 fully saturated rings. The Morgan fingerprint density at radius 2 is 2.38 bits per heavy atom. The van der Waals surface area contributed by atoms with E-state index in [1.165, 1.54) is 6.07 Å². The van der Waals surface area contributed by atoms with Gasteiger partial charge in [0, 0.05) is 0 Å². The minimum absolute atomic E-state index is 0.00559. The van der Waals surface area contributed by atoms with Crippen LogP contribution in [-0.2, 0) is 6.54 Å². The van der Waals surface area contributed by atoms with Gasteiger partial charge >= 0.3 is 5.97 Å². The van der Waals surface area contributed by atoms with Gasteiger partial charge in [0.05, 0.1) is 6.54 Å². The van der Waals surface area contributed by atoms with Gasteiger partial charge in [-0.1, -0.05) is 6.92 Å². The van der Waals surface area contributed by atoms with Crippen LogP contribution in [0.3, 0.4) is 0 Å². The molecular weight excluding hydrogens is 226 g/mol. The molecule has 1 aromatic rings. The number of carboxylic acid groups (broad SMARTS) is 1. The molecule has 0 saturated heterocycles. The fourth-order valence-corrected chi connectivity index (χ4v) is 2.06. The Bertz CT molecular complexity index is 338. The first-order valence-electron chi connectivity index (χ1n) is 5.15. The van der Waals surface area contributed by atoms with Gasteiger partial charge in [-0.05, 0) is 36.6 Å². The summed E-state index contributed by atoms with van der Waals surface area (Å²) in [6.45, 7) is 3.66. The van der Waals surface area contributed by atoms with Crippen LogP contribution in [0.4, 0.5) is 0 Å². The van der Waals surface area contributed by atoms with Crippen molar-refractivity contribution in [3.8, 4) is 0 Å². The van der Waals surface area contributed by atoms with Crippen LogP contribution in [-0.4, -0.2) is 29.6 Å². The molecule has 90 valence electrons. The number of thioether (sulfide) groups is 1. The maximum Gasteiger partial charge on any atom is 0.371 e. The lowest BCUT2D eigenvalue weighted by molar-refractivity contribution is 0.0660. The fourth-order valence-electron chi connectivity index (χ4n) is 1.37. The largest absolute Gasteiger partial charge is 0.475 e. The highest BCUT2D eigenvalue weighted by molar-refractivity contribution is 7.98. The molecule has 4 nitrogen and oxygen atoms in total. The number of nitrogens with one attached hydrogen (secondary N) is 1. The van der Waals surface area contributed by atoms with E-state index in [4.69, 9.17) is 9.52 Å². The Labute approximate surface area is 99.4 Å². The summed E-state index contributed by atoms with van der Waals surface area (Å²) < 4.78 is 5.12. The smallest absolute Gasteiger partial charge is 0.371 e. The van der Waals surface area contributed by atoms with E-state index >= 15 is 0 Å². The highest BCUT2D eigenvalue weighted by atomic mass is 32.2. The molecule has 0 bridgehead atoms. The molecule has 0 aliphatic heterocycles. The lowest BCUT2D eigenvalue weighted by atomic mass is 10.2. The van der Waals surface area contributed by atoms with Gasteiger partial charge in [-0.15, -0.1) is 0 Å². The van der Waals surface area contributed by atoms with Crippen molar-refractivity contribution in [2.75, 3.05) is 18.6 Å². The summed E-state index contributed by atoms with van der Waals surface area (Å²) in [5, 5.41) is 11.9. The Balaban J connectivity index is 2.29. The molecule has 16 heavy (non-hydrogen) atoms. The Morgan fingerprint density at radius 1 is 1.62 bits per heavy atom. The van der Waals surface area contributed by atoms with E-state index in [-0.39, 0.29) is 5.76 Å². The van der Waals surface area contributed by atoms with Crippen molar-refractivity contribution in [2.24, 2.45) is 5.92 Å². The summed E-state index contributed by atoms with van der Waals surface area (Å²) in [7, 11) is 0. The average molecular weight is 243 g/mol. The molecule has 0 aliphatic rings. The molecule has 1 heterocycles. The molecule has 1 rings (SSSR count). The summed E-state index contributed by atoms with van der Waals surface area (Å²) in [6, 6.07) is 3.17. The quantitative estimate of drug-likeness (QED) is 0.767. The first-order valence-corrected chi connectivity index (χ1v) is 6.54. The van der Waals surface area contributed by atoms with E-state index in [0.717, 1.165) is 12.3 Å². The van der Waals surface area contributed by atoms with Gasteiger partial charge < -0.3 is 14.8 Å². The molecule has 1 atom stereocenters. The maximum atomic E-state index is 10.6. The van der Waals surface area contributed by atoms with Crippen LogP contribution < -0.4 is 5.32 Å². The van der Waals surface area contributed by atoms with Crippen molar-refractivity contribution in [3.05, 3.63) is 23.7 Å². The van der Waals surface area contributed by atoms with E-state index in [2.05, 4.69) is 18.5 Å². The number of furan rings is 1. The summed E-state index contributed by atoms with van der Waals surface area (Å²) >= 11 is 1.82. The van der Waals surface area contributed by atoms with Crippen LogP contribution in [0.5, 0.6) is 0 Å². The first-order chi connectivity index (χ1) is 7.63. The van der Waals surface area contributed by atoms with Crippen molar-refractivity contribution in [1.29, 1.82) is 0 Å². The second kappa shape index (κ2) is 6.60. The van der Waals surface area contributed by atoms with Gasteiger partial charge in [0.1, 0.15) is 5.76 Å². The second-order valence-electron chi connectivity index (χ2n) is 3.76. The highest BCUT2D eigenvalue weighted by Crippen LogP contribution is 2.08. The zero-order valence-corrected chi connectivity index (χ0v) is 10.3. The number of carboxylic acids is 1. The summed E-state index contributed by atoms with van der Waals surface area (Å²) in [5.74, 6) is 1.35. The van der Waals surface area contributed by atoms with Crippen LogP contribution in [0.1, 0.15) is 23.2 Å². The molecule has 0 saturated carbocycles. The minimum atomic E-state index is -1.03. The van der Waals surface area contributed by atoms with Crippen molar-refractivity contribution in [1.82, 2.24) is 5.32 Å². The normalized spacial score (nSPS) is 12.6. The first kappa shape index (κ1) is 13.1. The summed E-state index contributed by atoms with van der Waals surface area (Å²) in [4.78, 5) is 10.6. The molecule has 1 unspecified atom stereocenters. The molecule has 1 aromatic heterocycles. The molecule has 2 N–H and O–H groups in total. The predicted molar refractivity (Wildman–Crippen MR) is 64.9 cm³/mol. The third-order valence-corrected chi connectivity index (χ3v) is 3.02. The highest BCUT2D eigenvalue weighted by Gasteiger charge is 2.08. The van der Waals surface area contributed by atoms with E-state index in [1.807, 2.05) is 11.8 Å². The van der Waals surface area contributed by atoms with Crippen LogP contribution >= 0.6 is 11.8 Å². The summed E-state index contributed by atoms with van der Waals surface area (Å²) in [5.41, 5.74) is 0. The minimum Gasteiger partial charge on any atom is -0.475 e. The molecule has 0 spiro atoms. The number of aromatic carboxylic acids is 1. The van der Waals surface area contributed by atoms with Gasteiger partial charge in [0.25, 0.3) is 0 Å². The van der Waals surface area contributed by atoms with Crippen LogP contribution in [0, 0.1) is 5.92 Å². The number of hydrogen-bond donors (Lipinski definition) is 2.